The van der Waals surface area contributed by atoms with Gasteiger partial charge in [0.2, 0.25) is 0 Å². The summed E-state index contributed by atoms with van der Waals surface area (Å²) in [5.41, 5.74) is 2.98. The summed E-state index contributed by atoms with van der Waals surface area (Å²) in [5, 5.41) is 0.649. The van der Waals surface area contributed by atoms with Crippen LogP contribution in [0.1, 0.15) is 25.0 Å². The van der Waals surface area contributed by atoms with Crippen LogP contribution in [-0.4, -0.2) is 27.6 Å². The number of hydrogen-bond acceptors (Lipinski definition) is 4. The maximum Gasteiger partial charge on any atom is 0.267 e. The van der Waals surface area contributed by atoms with Gasteiger partial charge in [-0.1, -0.05) is 79.8 Å². The average molecular weight is 443 g/mol. The fourth-order valence-corrected chi connectivity index (χ4v) is 4.97. The molecule has 4 nitrogen and oxygen atoms in total. The molecule has 0 saturated carbocycles. The van der Waals surface area contributed by atoms with Crippen LogP contribution in [0.25, 0.3) is 5.57 Å². The first-order valence-corrected chi connectivity index (χ1v) is 10.9. The number of nitrogens with zero attached hydrogens (tertiary/aromatic N) is 2. The maximum absolute atomic E-state index is 13.4. The van der Waals surface area contributed by atoms with Crippen molar-refractivity contribution in [3.8, 4) is 0 Å². The lowest BCUT2D eigenvalue weighted by Gasteiger charge is -2.17. The van der Waals surface area contributed by atoms with E-state index in [9.17, 15) is 9.59 Å². The molecule has 0 aliphatic carbocycles. The Balaban J connectivity index is 1.75. The molecule has 2 amide bonds. The lowest BCUT2D eigenvalue weighted by Crippen LogP contribution is -2.32. The molecule has 2 aromatic rings. The highest BCUT2D eigenvalue weighted by atomic mass is 35.5. The number of hydrogen-bond donors (Lipinski definition) is 0. The van der Waals surface area contributed by atoms with Crippen LogP contribution in [-0.2, 0) is 16.1 Å². The summed E-state index contributed by atoms with van der Waals surface area (Å²) < 4.78 is 0.507. The fraction of sp³-hybridized carbons (Fsp3) is 0.227. The fourth-order valence-electron chi connectivity index (χ4n) is 3.50. The van der Waals surface area contributed by atoms with Crippen molar-refractivity contribution >= 4 is 63.0 Å². The monoisotopic (exact) mass is 442 g/mol. The number of para-hydroxylation sites is 1. The van der Waals surface area contributed by atoms with Crippen molar-refractivity contribution in [2.75, 3.05) is 11.4 Å². The van der Waals surface area contributed by atoms with Gasteiger partial charge in [0.05, 0.1) is 22.7 Å². The Labute approximate surface area is 184 Å². The SMILES string of the molecule is CC(C)CN1C(=O)/C(=C2\C(=O)N(Cc3ccc(Cl)cc3)c3ccccc32)SC1=S. The molecule has 7 heteroatoms. The van der Waals surface area contributed by atoms with Gasteiger partial charge in [-0.2, -0.15) is 0 Å². The van der Waals surface area contributed by atoms with E-state index in [0.717, 1.165) is 16.8 Å². The van der Waals surface area contributed by atoms with E-state index in [1.807, 2.05) is 50.2 Å². The highest BCUT2D eigenvalue weighted by Crippen LogP contribution is 2.45. The van der Waals surface area contributed by atoms with Crippen molar-refractivity contribution in [1.82, 2.24) is 4.90 Å². The zero-order valence-corrected chi connectivity index (χ0v) is 18.4. The summed E-state index contributed by atoms with van der Waals surface area (Å²) in [5.74, 6) is -0.0683. The molecular formula is C22H19ClN2O2S2. The zero-order valence-electron chi connectivity index (χ0n) is 16.0. The Bertz CT molecular complexity index is 1050. The van der Waals surface area contributed by atoms with E-state index in [4.69, 9.17) is 23.8 Å². The average Bonchev–Trinajstić information content (AvgIpc) is 3.11. The van der Waals surface area contributed by atoms with Crippen molar-refractivity contribution in [2.24, 2.45) is 5.92 Å². The van der Waals surface area contributed by atoms with Gasteiger partial charge in [-0.25, -0.2) is 0 Å². The highest BCUT2D eigenvalue weighted by molar-refractivity contribution is 8.26. The third-order valence-electron chi connectivity index (χ3n) is 4.80. The molecule has 0 spiro atoms. The summed E-state index contributed by atoms with van der Waals surface area (Å²) in [4.78, 5) is 30.2. The Morgan fingerprint density at radius 3 is 2.38 bits per heavy atom. The molecule has 0 unspecified atom stereocenters. The van der Waals surface area contributed by atoms with Gasteiger partial charge < -0.3 is 4.90 Å². The Morgan fingerprint density at radius 1 is 1.00 bits per heavy atom. The van der Waals surface area contributed by atoms with Gasteiger partial charge in [0.1, 0.15) is 4.32 Å². The molecule has 2 aliphatic rings. The van der Waals surface area contributed by atoms with Gasteiger partial charge in [0.15, 0.2) is 0 Å². The minimum absolute atomic E-state index is 0.175. The third-order valence-corrected chi connectivity index (χ3v) is 6.50. The Kier molecular flexibility index (Phi) is 5.51. The maximum atomic E-state index is 13.4. The molecule has 1 fully saturated rings. The van der Waals surface area contributed by atoms with Gasteiger partial charge in [-0.05, 0) is 29.7 Å². The molecule has 0 radical (unpaired) electrons. The van der Waals surface area contributed by atoms with Crippen LogP contribution in [0.5, 0.6) is 0 Å². The van der Waals surface area contributed by atoms with E-state index in [-0.39, 0.29) is 17.7 Å². The second-order valence-electron chi connectivity index (χ2n) is 7.42. The third kappa shape index (κ3) is 3.72. The highest BCUT2D eigenvalue weighted by Gasteiger charge is 2.41. The number of anilines is 1. The predicted molar refractivity (Wildman–Crippen MR) is 123 cm³/mol. The van der Waals surface area contributed by atoms with Gasteiger partial charge in [0, 0.05) is 17.1 Å². The first kappa shape index (κ1) is 20.1. The van der Waals surface area contributed by atoms with E-state index >= 15 is 0 Å². The summed E-state index contributed by atoms with van der Waals surface area (Å²) >= 11 is 12.6. The number of fused-ring (bicyclic) bond motifs is 1. The minimum atomic E-state index is -0.180. The molecule has 2 aliphatic heterocycles. The standard InChI is InChI=1S/C22H19ClN2O2S2/c1-13(2)11-25-21(27)19(29-22(25)28)18-16-5-3-4-6-17(16)24(20(18)26)12-14-7-9-15(23)10-8-14/h3-10,13H,11-12H2,1-2H3/b19-18+. The van der Waals surface area contributed by atoms with Crippen LogP contribution in [0, 0.1) is 5.92 Å². The van der Waals surface area contributed by atoms with Crippen molar-refractivity contribution in [3.05, 3.63) is 69.6 Å². The van der Waals surface area contributed by atoms with Crippen molar-refractivity contribution in [3.63, 3.8) is 0 Å². The van der Waals surface area contributed by atoms with E-state index in [1.165, 1.54) is 11.8 Å². The van der Waals surface area contributed by atoms with Crippen LogP contribution in [0.15, 0.2) is 53.4 Å². The first-order valence-electron chi connectivity index (χ1n) is 9.30. The van der Waals surface area contributed by atoms with E-state index in [1.54, 1.807) is 21.9 Å². The van der Waals surface area contributed by atoms with Crippen molar-refractivity contribution in [2.45, 2.75) is 20.4 Å². The molecule has 2 aromatic carbocycles. The number of carbonyl (C=O) groups excluding carboxylic acids is 2. The zero-order chi connectivity index (χ0) is 20.7. The number of carbonyl (C=O) groups is 2. The molecule has 0 aromatic heterocycles. The largest absolute Gasteiger partial charge is 0.303 e. The lowest BCUT2D eigenvalue weighted by atomic mass is 10.1. The number of rotatable bonds is 4. The molecule has 0 N–H and O–H groups in total. The summed E-state index contributed by atoms with van der Waals surface area (Å²) in [6, 6.07) is 15.0. The van der Waals surface area contributed by atoms with E-state index in [2.05, 4.69) is 0 Å². The summed E-state index contributed by atoms with van der Waals surface area (Å²) in [6.45, 7) is 5.03. The predicted octanol–water partition coefficient (Wildman–Crippen LogP) is 5.11. The van der Waals surface area contributed by atoms with Crippen LogP contribution in [0.3, 0.4) is 0 Å². The quantitative estimate of drug-likeness (QED) is 0.487. The van der Waals surface area contributed by atoms with E-state index in [0.29, 0.717) is 32.9 Å². The summed E-state index contributed by atoms with van der Waals surface area (Å²) in [6.07, 6.45) is 0. The molecule has 2 heterocycles. The second-order valence-corrected chi connectivity index (χ2v) is 9.50. The van der Waals surface area contributed by atoms with Gasteiger partial charge in [-0.15, -0.1) is 0 Å². The molecule has 4 rings (SSSR count). The van der Waals surface area contributed by atoms with Gasteiger partial charge in [-0.3, -0.25) is 14.5 Å². The molecular weight excluding hydrogens is 424 g/mol. The number of halogens is 1. The topological polar surface area (TPSA) is 40.6 Å². The number of amides is 2. The van der Waals surface area contributed by atoms with Crippen molar-refractivity contribution < 1.29 is 9.59 Å². The summed E-state index contributed by atoms with van der Waals surface area (Å²) in [7, 11) is 0. The lowest BCUT2D eigenvalue weighted by molar-refractivity contribution is -0.122. The van der Waals surface area contributed by atoms with Gasteiger partial charge >= 0.3 is 0 Å². The normalized spacial score (nSPS) is 19.0. The van der Waals surface area contributed by atoms with Crippen LogP contribution in [0.4, 0.5) is 5.69 Å². The molecule has 0 atom stereocenters. The molecule has 1 saturated heterocycles. The number of benzene rings is 2. The number of thiocarbonyl (C=S) groups is 1. The minimum Gasteiger partial charge on any atom is -0.303 e. The Hall–Kier alpha value is -2.15. The molecule has 148 valence electrons. The smallest absolute Gasteiger partial charge is 0.267 e. The van der Waals surface area contributed by atoms with E-state index < -0.39 is 0 Å². The van der Waals surface area contributed by atoms with Crippen LogP contribution < -0.4 is 4.90 Å². The van der Waals surface area contributed by atoms with Crippen LogP contribution >= 0.6 is 35.6 Å². The number of thioether (sulfide) groups is 1. The second kappa shape index (κ2) is 7.94. The van der Waals surface area contributed by atoms with Crippen LogP contribution in [0.2, 0.25) is 5.02 Å². The molecule has 29 heavy (non-hydrogen) atoms. The Morgan fingerprint density at radius 2 is 1.69 bits per heavy atom. The van der Waals surface area contributed by atoms with Crippen molar-refractivity contribution in [1.29, 1.82) is 0 Å². The first-order chi connectivity index (χ1) is 13.9. The van der Waals surface area contributed by atoms with Gasteiger partial charge in [0.25, 0.3) is 11.8 Å². The molecule has 0 bridgehead atoms.